The molecule has 1 aromatic carbocycles. The lowest BCUT2D eigenvalue weighted by Crippen LogP contribution is -2.56. The van der Waals surface area contributed by atoms with Crippen molar-refractivity contribution in [3.8, 4) is 5.75 Å². The van der Waals surface area contributed by atoms with Gasteiger partial charge in [-0.05, 0) is 13.0 Å². The van der Waals surface area contributed by atoms with E-state index in [-0.39, 0.29) is 24.0 Å². The number of nitrogens with zero attached hydrogens (tertiary/aromatic N) is 1. The van der Waals surface area contributed by atoms with E-state index in [9.17, 15) is 4.39 Å². The first-order chi connectivity index (χ1) is 11.6. The molecule has 3 unspecified atom stereocenters. The Labute approximate surface area is 158 Å². The first kappa shape index (κ1) is 17.5. The molecule has 1 saturated carbocycles. The van der Waals surface area contributed by atoms with Crippen molar-refractivity contribution >= 4 is 31.4 Å². The van der Waals surface area contributed by atoms with Crippen LogP contribution in [0.4, 0.5) is 4.39 Å². The number of hydrogen-bond acceptors (Lipinski definition) is 4. The summed E-state index contributed by atoms with van der Waals surface area (Å²) in [5.74, 6) is 0.481. The molecule has 0 bridgehead atoms. The summed E-state index contributed by atoms with van der Waals surface area (Å²) in [6.07, 6.45) is 2.99. The zero-order valence-electron chi connectivity index (χ0n) is 13.9. The monoisotopic (exact) mass is 460 g/mol. The van der Waals surface area contributed by atoms with Gasteiger partial charge in [0, 0.05) is 30.8 Å². The van der Waals surface area contributed by atoms with Crippen LogP contribution in [0, 0.1) is 5.82 Å². The fourth-order valence-corrected chi connectivity index (χ4v) is 8.84. The predicted octanol–water partition coefficient (Wildman–Crippen LogP) is 3.03. The van der Waals surface area contributed by atoms with Crippen LogP contribution in [0.3, 0.4) is 0 Å². The largest absolute Gasteiger partial charge is 0.491 e. The van der Waals surface area contributed by atoms with E-state index in [0.29, 0.717) is 12.4 Å². The number of ether oxygens (including phenoxy) is 2. The maximum Gasteiger partial charge on any atom is 0.464 e. The second-order valence-corrected chi connectivity index (χ2v) is 13.2. The van der Waals surface area contributed by atoms with Gasteiger partial charge in [-0.2, -0.15) is 20.3 Å². The second kappa shape index (κ2) is 7.38. The summed E-state index contributed by atoms with van der Waals surface area (Å²) < 4.78 is 30.1. The van der Waals surface area contributed by atoms with Crippen molar-refractivity contribution in [1.29, 1.82) is 0 Å². The molecule has 2 fully saturated rings. The molecule has 1 aromatic rings. The standard InChI is InChI=1S/C14H18FN2O2.C3H5.Al.HI/c1-9-7-17(4-5-18-9)12-8-19-13-6-10(15)2-3-11(13)14(12)16;1-2-3-1;;/h2-3,6,9,12,14,16H,4-5,7-8H2,1H3;1H,2-3H2;;1H/q-1;;+2;/p-1. The Kier molecular flexibility index (Phi) is 5.38. The average Bonchev–Trinajstić information content (AvgIpc) is 3.39. The van der Waals surface area contributed by atoms with Gasteiger partial charge in [0.1, 0.15) is 18.2 Å². The van der Waals surface area contributed by atoms with Crippen molar-refractivity contribution in [3.05, 3.63) is 29.6 Å². The van der Waals surface area contributed by atoms with Crippen LogP contribution in [0.15, 0.2) is 18.2 Å². The molecule has 130 valence electrons. The Morgan fingerprint density at radius 2 is 2.21 bits per heavy atom. The molecule has 2 heterocycles. The van der Waals surface area contributed by atoms with Gasteiger partial charge in [0.2, 0.25) is 0 Å². The van der Waals surface area contributed by atoms with E-state index < -0.39 is 11.1 Å². The third-order valence-electron chi connectivity index (χ3n) is 5.22. The van der Waals surface area contributed by atoms with E-state index in [1.54, 1.807) is 6.07 Å². The molecule has 0 radical (unpaired) electrons. The number of rotatable bonds is 4. The molecule has 4 rings (SSSR count). The third kappa shape index (κ3) is 3.77. The van der Waals surface area contributed by atoms with Crippen LogP contribution in [0.5, 0.6) is 5.75 Å². The highest BCUT2D eigenvalue weighted by Crippen LogP contribution is 2.43. The Balaban J connectivity index is 1.60. The van der Waals surface area contributed by atoms with Crippen molar-refractivity contribution in [2.45, 2.75) is 42.7 Å². The van der Waals surface area contributed by atoms with Crippen LogP contribution < -0.4 is 9.04 Å². The van der Waals surface area contributed by atoms with Crippen molar-refractivity contribution < 1.29 is 13.9 Å². The molecule has 0 aromatic heterocycles. The zero-order chi connectivity index (χ0) is 16.7. The molecule has 1 aliphatic carbocycles. The molecule has 1 N–H and O–H groups in total. The number of morpholine rings is 1. The van der Waals surface area contributed by atoms with E-state index in [0.717, 1.165) is 30.0 Å². The number of nitrogens with one attached hydrogen (secondary N) is 1. The maximum atomic E-state index is 13.6. The van der Waals surface area contributed by atoms with Crippen LogP contribution >= 0.6 is 20.3 Å². The van der Waals surface area contributed by atoms with Gasteiger partial charge in [-0.15, -0.1) is 0 Å². The average molecular weight is 460 g/mol. The Morgan fingerprint density at radius 3 is 2.96 bits per heavy atom. The normalized spacial score (nSPS) is 30.5. The zero-order valence-corrected chi connectivity index (χ0v) is 17.2. The second-order valence-electron chi connectivity index (χ2n) is 7.12. The summed E-state index contributed by atoms with van der Waals surface area (Å²) in [4.78, 5) is 2.49. The number of fused-ring (bicyclic) bond motifs is 1. The fourth-order valence-electron chi connectivity index (χ4n) is 3.73. The van der Waals surface area contributed by atoms with Gasteiger partial charge in [-0.25, -0.2) is 4.39 Å². The van der Waals surface area contributed by atoms with Crippen molar-refractivity contribution in [1.82, 2.24) is 9.20 Å². The maximum absolute atomic E-state index is 13.6. The molecule has 3 atom stereocenters. The Hall–Kier alpha value is 0.0925. The van der Waals surface area contributed by atoms with Gasteiger partial charge >= 0.3 is 11.1 Å². The molecule has 24 heavy (non-hydrogen) atoms. The molecule has 0 amide bonds. The molecular weight excluding hydrogens is 437 g/mol. The van der Waals surface area contributed by atoms with Gasteiger partial charge in [-0.3, -0.25) is 4.90 Å². The van der Waals surface area contributed by atoms with Crippen LogP contribution in [-0.4, -0.2) is 54.4 Å². The Morgan fingerprint density at radius 1 is 1.38 bits per heavy atom. The topological polar surface area (TPSA) is 33.7 Å². The van der Waals surface area contributed by atoms with Crippen LogP contribution in [0.2, 0.25) is 4.78 Å². The fraction of sp³-hybridized carbons (Fsp3) is 0.647. The summed E-state index contributed by atoms with van der Waals surface area (Å²) >= 11 is 1.65. The van der Waals surface area contributed by atoms with Crippen LogP contribution in [-0.2, 0) is 4.74 Å². The van der Waals surface area contributed by atoms with Crippen LogP contribution in [0.25, 0.3) is 0 Å². The highest BCUT2D eigenvalue weighted by Gasteiger charge is 2.42. The third-order valence-corrected chi connectivity index (χ3v) is 11.5. The molecule has 1 saturated heterocycles. The molecule has 0 spiro atoms. The van der Waals surface area contributed by atoms with Crippen molar-refractivity contribution in [2.24, 2.45) is 0 Å². The van der Waals surface area contributed by atoms with Gasteiger partial charge in [0.15, 0.2) is 0 Å². The van der Waals surface area contributed by atoms with Gasteiger partial charge in [-0.1, -0.05) is 23.7 Å². The molecular formula is C17H23AlFIN2O2. The summed E-state index contributed by atoms with van der Waals surface area (Å²) in [5, 5.41) is 0. The quantitative estimate of drug-likeness (QED) is 0.554. The minimum Gasteiger partial charge on any atom is -0.491 e. The van der Waals surface area contributed by atoms with Gasteiger partial charge < -0.3 is 13.8 Å². The summed E-state index contributed by atoms with van der Waals surface area (Å²) in [7, 11) is 0. The summed E-state index contributed by atoms with van der Waals surface area (Å²) in [5.41, 5.74) is 1.11. The highest BCUT2D eigenvalue weighted by molar-refractivity contribution is 14.1. The smallest absolute Gasteiger partial charge is 0.464 e. The lowest BCUT2D eigenvalue weighted by molar-refractivity contribution is -0.0491. The number of benzene rings is 1. The van der Waals surface area contributed by atoms with E-state index in [1.165, 1.54) is 18.9 Å². The first-order valence-electron chi connectivity index (χ1n) is 8.80. The van der Waals surface area contributed by atoms with Gasteiger partial charge in [0.05, 0.1) is 18.8 Å². The molecule has 3 aliphatic rings. The lowest BCUT2D eigenvalue weighted by Gasteiger charge is -2.44. The lowest BCUT2D eigenvalue weighted by atomic mass is 9.95. The molecule has 4 nitrogen and oxygen atoms in total. The molecule has 2 aliphatic heterocycles. The number of halogens is 2. The van der Waals surface area contributed by atoms with Crippen molar-refractivity contribution in [2.75, 3.05) is 26.3 Å². The number of hydrogen-bond donors (Lipinski definition) is 1. The van der Waals surface area contributed by atoms with E-state index in [2.05, 4.69) is 36.4 Å². The first-order valence-corrected chi connectivity index (χ1v) is 14.2. The Bertz CT molecular complexity index is 604. The summed E-state index contributed by atoms with van der Waals surface area (Å²) in [6.45, 7) is 5.38. The van der Waals surface area contributed by atoms with E-state index in [1.807, 2.05) is 6.07 Å². The van der Waals surface area contributed by atoms with Crippen molar-refractivity contribution in [3.63, 3.8) is 0 Å². The predicted molar refractivity (Wildman–Crippen MR) is 101 cm³/mol. The van der Waals surface area contributed by atoms with E-state index >= 15 is 0 Å². The highest BCUT2D eigenvalue weighted by atomic mass is 127. The minimum atomic E-state index is -1.00. The van der Waals surface area contributed by atoms with Gasteiger partial charge in [0.25, 0.3) is 0 Å². The SMILES string of the molecule is CC1CN(C2COc3cc(F)ccc3C2[NH][Al]([I])[CH]2CC2)CCO1. The van der Waals surface area contributed by atoms with Crippen LogP contribution in [0.1, 0.15) is 31.4 Å². The minimum absolute atomic E-state index is 0.226. The molecule has 7 heteroatoms. The summed E-state index contributed by atoms with van der Waals surface area (Å²) in [6, 6.07) is 5.51. The van der Waals surface area contributed by atoms with E-state index in [4.69, 9.17) is 9.47 Å².